The number of hydrogen-bond donors (Lipinski definition) is 2. The molecule has 0 bridgehead atoms. The summed E-state index contributed by atoms with van der Waals surface area (Å²) in [5.41, 5.74) is 0. The number of aliphatic hydroxyl groups excluding tert-OH is 1. The lowest BCUT2D eigenvalue weighted by atomic mass is 10.0. The number of nitrogens with one attached hydrogen (secondary N) is 1. The molecule has 0 saturated carbocycles. The maximum absolute atomic E-state index is 10.7. The van der Waals surface area contributed by atoms with E-state index in [1.807, 2.05) is 6.92 Å². The Labute approximate surface area is 54.1 Å². The van der Waals surface area contributed by atoms with Crippen molar-refractivity contribution in [1.82, 2.24) is 5.32 Å². The van der Waals surface area contributed by atoms with Crippen LogP contribution in [0.5, 0.6) is 0 Å². The summed E-state index contributed by atoms with van der Waals surface area (Å²) in [6, 6.07) is -0.0637. The molecule has 3 heteroatoms. The Balaban J connectivity index is 2.51. The Hall–Kier alpha value is -0.410. The minimum Gasteiger partial charge on any atom is -0.384 e. The van der Waals surface area contributed by atoms with Gasteiger partial charge in [-0.3, -0.25) is 4.79 Å². The van der Waals surface area contributed by atoms with Gasteiger partial charge in [-0.25, -0.2) is 0 Å². The molecule has 1 saturated heterocycles. The van der Waals surface area contributed by atoms with Gasteiger partial charge in [0.25, 0.3) is 0 Å². The summed E-state index contributed by atoms with van der Waals surface area (Å²) in [6.07, 6.45) is -0.315. The summed E-state index contributed by atoms with van der Waals surface area (Å²) < 4.78 is 0. The molecule has 0 aromatic carbocycles. The molecule has 2 atom stereocenters. The van der Waals surface area contributed by atoms with Crippen molar-refractivity contribution in [2.45, 2.75) is 25.5 Å². The van der Waals surface area contributed by atoms with Crippen LogP contribution in [-0.4, -0.2) is 29.6 Å². The van der Waals surface area contributed by atoms with Crippen LogP contribution in [0.1, 0.15) is 13.3 Å². The zero-order valence-electron chi connectivity index (χ0n) is 5.42. The number of Topliss-reactive ketones (excluding diaryl/α,β-unsaturated/α-hetero) is 1. The SMILES string of the molecule is CC1NCCC(=O)C1O. The normalized spacial score (nSPS) is 36.9. The number of rotatable bonds is 0. The van der Waals surface area contributed by atoms with E-state index in [9.17, 15) is 4.79 Å². The van der Waals surface area contributed by atoms with E-state index in [2.05, 4.69) is 5.32 Å². The van der Waals surface area contributed by atoms with Crippen LogP contribution in [0.3, 0.4) is 0 Å². The predicted molar refractivity (Wildman–Crippen MR) is 33.1 cm³/mol. The van der Waals surface area contributed by atoms with E-state index >= 15 is 0 Å². The molecule has 52 valence electrons. The fourth-order valence-corrected chi connectivity index (χ4v) is 0.961. The van der Waals surface area contributed by atoms with Gasteiger partial charge in [-0.2, -0.15) is 0 Å². The monoisotopic (exact) mass is 129 g/mol. The maximum Gasteiger partial charge on any atom is 0.164 e. The molecule has 1 fully saturated rings. The average molecular weight is 129 g/mol. The van der Waals surface area contributed by atoms with Crippen LogP contribution in [0.4, 0.5) is 0 Å². The fourth-order valence-electron chi connectivity index (χ4n) is 0.961. The van der Waals surface area contributed by atoms with Crippen LogP contribution in [0.2, 0.25) is 0 Å². The van der Waals surface area contributed by atoms with Gasteiger partial charge in [-0.15, -0.1) is 0 Å². The molecule has 1 rings (SSSR count). The van der Waals surface area contributed by atoms with Crippen LogP contribution in [-0.2, 0) is 4.79 Å². The first-order valence-electron chi connectivity index (χ1n) is 3.16. The summed E-state index contributed by atoms with van der Waals surface area (Å²) in [6.45, 7) is 2.51. The van der Waals surface area contributed by atoms with E-state index in [0.29, 0.717) is 13.0 Å². The highest BCUT2D eigenvalue weighted by atomic mass is 16.3. The molecule has 0 aromatic rings. The molecule has 2 unspecified atom stereocenters. The second kappa shape index (κ2) is 2.45. The van der Waals surface area contributed by atoms with Gasteiger partial charge in [0.15, 0.2) is 5.78 Å². The van der Waals surface area contributed by atoms with Gasteiger partial charge >= 0.3 is 0 Å². The van der Waals surface area contributed by atoms with Crippen molar-refractivity contribution in [3.05, 3.63) is 0 Å². The van der Waals surface area contributed by atoms with E-state index in [-0.39, 0.29) is 11.8 Å². The van der Waals surface area contributed by atoms with Gasteiger partial charge in [0.2, 0.25) is 0 Å². The largest absolute Gasteiger partial charge is 0.384 e. The summed E-state index contributed by atoms with van der Waals surface area (Å²) in [4.78, 5) is 10.7. The smallest absolute Gasteiger partial charge is 0.164 e. The first kappa shape index (κ1) is 6.71. The highest BCUT2D eigenvalue weighted by Gasteiger charge is 2.25. The third-order valence-electron chi connectivity index (χ3n) is 1.64. The zero-order chi connectivity index (χ0) is 6.85. The fraction of sp³-hybridized carbons (Fsp3) is 0.833. The Morgan fingerprint density at radius 1 is 1.78 bits per heavy atom. The molecule has 0 spiro atoms. The standard InChI is InChI=1S/C6H11NO2/c1-4-6(9)5(8)2-3-7-4/h4,6-7,9H,2-3H2,1H3. The van der Waals surface area contributed by atoms with Crippen LogP contribution in [0, 0.1) is 0 Å². The minimum absolute atomic E-state index is 0.0405. The van der Waals surface area contributed by atoms with Crippen molar-refractivity contribution in [2.75, 3.05) is 6.54 Å². The molecule has 0 aromatic heterocycles. The predicted octanol–water partition coefficient (Wildman–Crippen LogP) is -0.702. The summed E-state index contributed by atoms with van der Waals surface area (Å²) in [5, 5.41) is 12.0. The van der Waals surface area contributed by atoms with E-state index < -0.39 is 6.10 Å². The summed E-state index contributed by atoms with van der Waals surface area (Å²) >= 11 is 0. The first-order chi connectivity index (χ1) is 4.22. The highest BCUT2D eigenvalue weighted by molar-refractivity contribution is 5.84. The van der Waals surface area contributed by atoms with Crippen molar-refractivity contribution < 1.29 is 9.90 Å². The Kier molecular flexibility index (Phi) is 1.83. The second-order valence-electron chi connectivity index (χ2n) is 2.40. The van der Waals surface area contributed by atoms with Crippen LogP contribution in [0.15, 0.2) is 0 Å². The van der Waals surface area contributed by atoms with Gasteiger partial charge in [-0.1, -0.05) is 0 Å². The van der Waals surface area contributed by atoms with Gasteiger partial charge in [-0.05, 0) is 6.92 Å². The van der Waals surface area contributed by atoms with Crippen molar-refractivity contribution in [3.63, 3.8) is 0 Å². The Morgan fingerprint density at radius 2 is 2.44 bits per heavy atom. The quantitative estimate of drug-likeness (QED) is 0.454. The van der Waals surface area contributed by atoms with Gasteiger partial charge in [0.1, 0.15) is 6.10 Å². The van der Waals surface area contributed by atoms with Gasteiger partial charge in [0, 0.05) is 19.0 Å². The van der Waals surface area contributed by atoms with Crippen LogP contribution >= 0.6 is 0 Å². The van der Waals surface area contributed by atoms with E-state index in [4.69, 9.17) is 5.11 Å². The van der Waals surface area contributed by atoms with Gasteiger partial charge < -0.3 is 10.4 Å². The minimum atomic E-state index is -0.779. The van der Waals surface area contributed by atoms with Gasteiger partial charge in [0.05, 0.1) is 0 Å². The van der Waals surface area contributed by atoms with E-state index in [1.165, 1.54) is 0 Å². The summed E-state index contributed by atoms with van der Waals surface area (Å²) in [7, 11) is 0. The zero-order valence-corrected chi connectivity index (χ0v) is 5.42. The molecule has 3 nitrogen and oxygen atoms in total. The maximum atomic E-state index is 10.7. The number of aliphatic hydroxyl groups is 1. The Morgan fingerprint density at radius 3 is 2.89 bits per heavy atom. The number of ketones is 1. The van der Waals surface area contributed by atoms with Crippen LogP contribution in [0.25, 0.3) is 0 Å². The molecular formula is C6H11NO2. The summed E-state index contributed by atoms with van der Waals surface area (Å²) in [5.74, 6) is -0.0405. The molecular weight excluding hydrogens is 118 g/mol. The molecule has 1 aliphatic rings. The van der Waals surface area contributed by atoms with E-state index in [0.717, 1.165) is 0 Å². The van der Waals surface area contributed by atoms with Crippen LogP contribution < -0.4 is 5.32 Å². The second-order valence-corrected chi connectivity index (χ2v) is 2.40. The topological polar surface area (TPSA) is 49.3 Å². The highest BCUT2D eigenvalue weighted by Crippen LogP contribution is 2.02. The van der Waals surface area contributed by atoms with Crippen molar-refractivity contribution >= 4 is 5.78 Å². The molecule has 2 N–H and O–H groups in total. The lowest BCUT2D eigenvalue weighted by molar-refractivity contribution is -0.130. The van der Waals surface area contributed by atoms with Crippen molar-refractivity contribution in [1.29, 1.82) is 0 Å². The Bertz CT molecular complexity index is 124. The number of hydrogen-bond acceptors (Lipinski definition) is 3. The molecule has 1 heterocycles. The molecule has 0 amide bonds. The van der Waals surface area contributed by atoms with Crippen molar-refractivity contribution in [3.8, 4) is 0 Å². The molecule has 0 radical (unpaired) electrons. The lowest BCUT2D eigenvalue weighted by Crippen LogP contribution is -2.48. The lowest BCUT2D eigenvalue weighted by Gasteiger charge is -2.23. The number of piperidine rings is 1. The first-order valence-corrected chi connectivity index (χ1v) is 3.16. The third-order valence-corrected chi connectivity index (χ3v) is 1.64. The third kappa shape index (κ3) is 1.28. The number of carbonyl (C=O) groups excluding carboxylic acids is 1. The van der Waals surface area contributed by atoms with Crippen molar-refractivity contribution in [2.24, 2.45) is 0 Å². The number of carbonyl (C=O) groups is 1. The average Bonchev–Trinajstić information content (AvgIpc) is 1.83. The molecule has 9 heavy (non-hydrogen) atoms. The molecule has 1 aliphatic heterocycles. The molecule has 0 aliphatic carbocycles. The van der Waals surface area contributed by atoms with E-state index in [1.54, 1.807) is 0 Å².